The Kier molecular flexibility index (Phi) is 6.18. The topological polar surface area (TPSA) is 113 Å². The molecular formula is C24H26N4O5S. The molecule has 4 unspecified atom stereocenters. The molecule has 0 spiro atoms. The van der Waals surface area contributed by atoms with Gasteiger partial charge in [-0.3, -0.25) is 24.5 Å². The Hall–Kier alpha value is -3.11. The molecule has 2 saturated heterocycles. The number of likely N-dealkylation sites (tertiary alicyclic amines) is 1. The van der Waals surface area contributed by atoms with E-state index in [1.807, 2.05) is 17.5 Å². The summed E-state index contributed by atoms with van der Waals surface area (Å²) in [5, 5.41) is 16.6. The van der Waals surface area contributed by atoms with Crippen molar-refractivity contribution in [1.29, 1.82) is 0 Å². The summed E-state index contributed by atoms with van der Waals surface area (Å²) in [6.45, 7) is 2.47. The van der Waals surface area contributed by atoms with E-state index in [9.17, 15) is 24.5 Å². The summed E-state index contributed by atoms with van der Waals surface area (Å²) >= 11 is 1.47. The number of hydrogen-bond acceptors (Lipinski definition) is 7. The lowest BCUT2D eigenvalue weighted by Crippen LogP contribution is -2.55. The van der Waals surface area contributed by atoms with Crippen LogP contribution in [0.1, 0.15) is 29.3 Å². The number of Topliss-reactive ketones (excluding diaryl/α,β-unsaturated/α-hetero) is 1. The van der Waals surface area contributed by atoms with Crippen molar-refractivity contribution < 1.29 is 19.3 Å². The van der Waals surface area contributed by atoms with E-state index in [2.05, 4.69) is 5.32 Å². The predicted molar refractivity (Wildman–Crippen MR) is 125 cm³/mol. The molecule has 0 bridgehead atoms. The number of non-ortho nitro benzene ring substituents is 1. The molecule has 1 aromatic carbocycles. The third-order valence-electron chi connectivity index (χ3n) is 7.20. The summed E-state index contributed by atoms with van der Waals surface area (Å²) in [4.78, 5) is 55.9. The first-order valence-electron chi connectivity index (χ1n) is 11.6. The predicted octanol–water partition coefficient (Wildman–Crippen LogP) is 2.18. The number of fused-ring (bicyclic) bond motifs is 1. The number of carbonyl (C=O) groups excluding carboxylic acids is 3. The quantitative estimate of drug-likeness (QED) is 0.516. The molecule has 1 saturated carbocycles. The van der Waals surface area contributed by atoms with Gasteiger partial charge >= 0.3 is 0 Å². The minimum absolute atomic E-state index is 0.0195. The third-order valence-corrected chi connectivity index (χ3v) is 8.08. The van der Waals surface area contributed by atoms with Crippen molar-refractivity contribution in [1.82, 2.24) is 15.1 Å². The van der Waals surface area contributed by atoms with Crippen LogP contribution in [0.4, 0.5) is 5.69 Å². The van der Waals surface area contributed by atoms with Gasteiger partial charge in [-0.2, -0.15) is 0 Å². The van der Waals surface area contributed by atoms with Crippen molar-refractivity contribution in [3.8, 4) is 0 Å². The van der Waals surface area contributed by atoms with Crippen LogP contribution >= 0.6 is 11.3 Å². The summed E-state index contributed by atoms with van der Waals surface area (Å²) in [5.74, 6) is -1.16. The SMILES string of the molecule is O=C1CCC2C1C(c1cccc([N+](=O)[O-])c1)N(C(=O)Cc1cccs1)C2C(=O)N1CCNCC1. The van der Waals surface area contributed by atoms with Crippen LogP contribution in [0.3, 0.4) is 0 Å². The van der Waals surface area contributed by atoms with Gasteiger partial charge in [-0.1, -0.05) is 18.2 Å². The Bertz CT molecular complexity index is 1110. The van der Waals surface area contributed by atoms with E-state index in [4.69, 9.17) is 0 Å². The molecule has 1 aliphatic carbocycles. The van der Waals surface area contributed by atoms with Crippen molar-refractivity contribution >= 4 is 34.6 Å². The summed E-state index contributed by atoms with van der Waals surface area (Å²) in [6.07, 6.45) is 1.03. The second kappa shape index (κ2) is 9.27. The zero-order valence-electron chi connectivity index (χ0n) is 18.6. The van der Waals surface area contributed by atoms with Gasteiger partial charge in [0, 0.05) is 61.4 Å². The fourth-order valence-electron chi connectivity index (χ4n) is 5.74. The van der Waals surface area contributed by atoms with Crippen LogP contribution in [0.15, 0.2) is 41.8 Å². The maximum absolute atomic E-state index is 13.8. The Balaban J connectivity index is 1.58. The number of benzene rings is 1. The van der Waals surface area contributed by atoms with E-state index in [0.29, 0.717) is 44.6 Å². The molecule has 3 heterocycles. The highest BCUT2D eigenvalue weighted by molar-refractivity contribution is 7.10. The maximum atomic E-state index is 13.8. The summed E-state index contributed by atoms with van der Waals surface area (Å²) in [6, 6.07) is 8.45. The monoisotopic (exact) mass is 482 g/mol. The van der Waals surface area contributed by atoms with Crippen molar-refractivity contribution in [3.63, 3.8) is 0 Å². The number of ketones is 1. The number of piperazine rings is 1. The van der Waals surface area contributed by atoms with Gasteiger partial charge in [-0.05, 0) is 23.4 Å². The summed E-state index contributed by atoms with van der Waals surface area (Å²) in [5.41, 5.74) is 0.441. The Labute approximate surface area is 200 Å². The second-order valence-electron chi connectivity index (χ2n) is 9.07. The lowest BCUT2D eigenvalue weighted by atomic mass is 9.86. The highest BCUT2D eigenvalue weighted by Crippen LogP contribution is 2.52. The molecule has 2 aliphatic heterocycles. The van der Waals surface area contributed by atoms with E-state index in [1.54, 1.807) is 21.9 Å². The number of nitro groups is 1. The fraction of sp³-hybridized carbons (Fsp3) is 0.458. The van der Waals surface area contributed by atoms with Crippen LogP contribution in [0.5, 0.6) is 0 Å². The van der Waals surface area contributed by atoms with Gasteiger partial charge in [0.2, 0.25) is 11.8 Å². The Morgan fingerprint density at radius 2 is 1.97 bits per heavy atom. The number of nitro benzene ring substituents is 1. The molecule has 34 heavy (non-hydrogen) atoms. The first kappa shape index (κ1) is 22.7. The van der Waals surface area contributed by atoms with Gasteiger partial charge in [0.1, 0.15) is 11.8 Å². The average molecular weight is 483 g/mol. The molecule has 2 amide bonds. The zero-order chi connectivity index (χ0) is 23.8. The number of carbonyl (C=O) groups is 3. The molecule has 0 radical (unpaired) electrons. The van der Waals surface area contributed by atoms with E-state index in [1.165, 1.54) is 23.5 Å². The molecule has 3 aliphatic rings. The first-order chi connectivity index (χ1) is 16.5. The fourth-order valence-corrected chi connectivity index (χ4v) is 6.44. The number of hydrogen-bond donors (Lipinski definition) is 1. The van der Waals surface area contributed by atoms with Gasteiger partial charge in [-0.15, -0.1) is 11.3 Å². The van der Waals surface area contributed by atoms with Gasteiger partial charge in [0.25, 0.3) is 5.69 Å². The van der Waals surface area contributed by atoms with Crippen molar-refractivity contribution in [2.45, 2.75) is 31.3 Å². The standard InChI is InChI=1S/C24H26N4O5S/c29-19-7-6-18-21(19)22(15-3-1-4-16(13-15)28(32)33)27(20(30)14-17-5-2-12-34-17)23(18)24(31)26-10-8-25-9-11-26/h1-5,12-13,18,21-23,25H,6-11,14H2. The third kappa shape index (κ3) is 4.01. The molecular weight excluding hydrogens is 456 g/mol. The number of nitrogens with zero attached hydrogens (tertiary/aromatic N) is 3. The molecule has 2 aromatic rings. The van der Waals surface area contributed by atoms with Gasteiger partial charge in [0.15, 0.2) is 0 Å². The lowest BCUT2D eigenvalue weighted by Gasteiger charge is -2.36. The van der Waals surface area contributed by atoms with Crippen molar-refractivity contribution in [3.05, 3.63) is 62.3 Å². The molecule has 10 heteroatoms. The molecule has 1 N–H and O–H groups in total. The van der Waals surface area contributed by atoms with E-state index < -0.39 is 22.9 Å². The highest BCUT2D eigenvalue weighted by atomic mass is 32.1. The summed E-state index contributed by atoms with van der Waals surface area (Å²) < 4.78 is 0. The molecule has 3 fully saturated rings. The van der Waals surface area contributed by atoms with Gasteiger partial charge < -0.3 is 15.1 Å². The molecule has 178 valence electrons. The minimum atomic E-state index is -0.744. The molecule has 9 nitrogen and oxygen atoms in total. The van der Waals surface area contributed by atoms with Crippen LogP contribution in [0.2, 0.25) is 0 Å². The second-order valence-corrected chi connectivity index (χ2v) is 10.1. The molecule has 4 atom stereocenters. The minimum Gasteiger partial charge on any atom is -0.338 e. The van der Waals surface area contributed by atoms with E-state index >= 15 is 0 Å². The number of amides is 2. The Morgan fingerprint density at radius 1 is 1.18 bits per heavy atom. The number of nitrogens with one attached hydrogen (secondary N) is 1. The average Bonchev–Trinajstić information content (AvgIpc) is 3.57. The van der Waals surface area contributed by atoms with E-state index in [0.717, 1.165) is 4.88 Å². The normalized spacial score (nSPS) is 26.5. The zero-order valence-corrected chi connectivity index (χ0v) is 19.4. The van der Waals surface area contributed by atoms with Gasteiger partial charge in [-0.25, -0.2) is 0 Å². The van der Waals surface area contributed by atoms with Crippen LogP contribution in [0, 0.1) is 22.0 Å². The molecule has 5 rings (SSSR count). The highest BCUT2D eigenvalue weighted by Gasteiger charge is 2.59. The Morgan fingerprint density at radius 3 is 2.68 bits per heavy atom. The van der Waals surface area contributed by atoms with Crippen LogP contribution in [-0.4, -0.2) is 64.5 Å². The summed E-state index contributed by atoms with van der Waals surface area (Å²) in [7, 11) is 0. The van der Waals surface area contributed by atoms with Crippen LogP contribution in [0.25, 0.3) is 0 Å². The van der Waals surface area contributed by atoms with Gasteiger partial charge in [0.05, 0.1) is 17.4 Å². The first-order valence-corrected chi connectivity index (χ1v) is 12.4. The molecule has 1 aromatic heterocycles. The van der Waals surface area contributed by atoms with Crippen molar-refractivity contribution in [2.24, 2.45) is 11.8 Å². The van der Waals surface area contributed by atoms with Crippen LogP contribution < -0.4 is 5.32 Å². The number of rotatable bonds is 5. The lowest BCUT2D eigenvalue weighted by molar-refractivity contribution is -0.385. The van der Waals surface area contributed by atoms with E-state index in [-0.39, 0.29) is 35.6 Å². The maximum Gasteiger partial charge on any atom is 0.269 e. The smallest absolute Gasteiger partial charge is 0.269 e. The van der Waals surface area contributed by atoms with Crippen molar-refractivity contribution in [2.75, 3.05) is 26.2 Å². The largest absolute Gasteiger partial charge is 0.338 e. The number of thiophene rings is 1. The van der Waals surface area contributed by atoms with Crippen LogP contribution in [-0.2, 0) is 20.8 Å².